The fourth-order valence-corrected chi connectivity index (χ4v) is 3.59. The highest BCUT2D eigenvalue weighted by Crippen LogP contribution is 2.28. The van der Waals surface area contributed by atoms with Crippen LogP contribution in [0.3, 0.4) is 0 Å². The molecule has 10 heteroatoms. The van der Waals surface area contributed by atoms with Crippen molar-refractivity contribution in [2.24, 2.45) is 0 Å². The lowest BCUT2D eigenvalue weighted by molar-refractivity contribution is -0.131. The third-order valence-corrected chi connectivity index (χ3v) is 5.27. The summed E-state index contributed by atoms with van der Waals surface area (Å²) in [6.45, 7) is 0.504. The molecular weight excluding hydrogens is 396 g/mol. The Morgan fingerprint density at radius 1 is 1.28 bits per heavy atom. The molecule has 4 amide bonds. The first-order valence-corrected chi connectivity index (χ1v) is 9.87. The smallest absolute Gasteiger partial charge is 0.325 e. The van der Waals surface area contributed by atoms with Crippen molar-refractivity contribution < 1.29 is 23.9 Å². The Morgan fingerprint density at radius 2 is 2.07 bits per heavy atom. The van der Waals surface area contributed by atoms with Gasteiger partial charge in [-0.05, 0) is 17.7 Å². The van der Waals surface area contributed by atoms with Gasteiger partial charge in [-0.25, -0.2) is 9.78 Å². The van der Waals surface area contributed by atoms with E-state index in [2.05, 4.69) is 15.6 Å². The van der Waals surface area contributed by atoms with Gasteiger partial charge in [0, 0.05) is 24.5 Å². The van der Waals surface area contributed by atoms with Gasteiger partial charge in [0.15, 0.2) is 11.5 Å². The van der Waals surface area contributed by atoms with E-state index in [9.17, 15) is 14.4 Å². The summed E-state index contributed by atoms with van der Waals surface area (Å²) in [6, 6.07) is 3.77. The van der Waals surface area contributed by atoms with Gasteiger partial charge < -0.3 is 20.1 Å². The number of rotatable bonds is 9. The molecule has 3 rings (SSSR count). The molecule has 0 radical (unpaired) electrons. The Hall–Kier alpha value is -3.14. The number of aromatic nitrogens is 1. The summed E-state index contributed by atoms with van der Waals surface area (Å²) in [5.41, 5.74) is 0.708. The molecule has 1 atom stereocenters. The number of methoxy groups -OCH3 is 2. The number of hydrogen-bond acceptors (Lipinski definition) is 7. The summed E-state index contributed by atoms with van der Waals surface area (Å²) < 4.78 is 10.4. The van der Waals surface area contributed by atoms with Crippen LogP contribution in [0.4, 0.5) is 4.79 Å². The standard InChI is InChI=1S/C19H22N4O5S/c1-27-14-4-3-12(9-15(14)28-2)11-23-18(25)13(22-19(23)26)10-16(24)20-6-5-17-21-7-8-29-17/h3-4,7-9,13H,5-6,10-11H2,1-2H3,(H,20,24)(H,22,26). The molecule has 1 fully saturated rings. The molecule has 154 valence electrons. The molecule has 1 aromatic carbocycles. The molecule has 1 unspecified atom stereocenters. The molecule has 2 heterocycles. The first-order valence-electron chi connectivity index (χ1n) is 8.99. The molecular formula is C19H22N4O5S. The maximum atomic E-state index is 12.6. The van der Waals surface area contributed by atoms with E-state index in [-0.39, 0.29) is 18.9 Å². The van der Waals surface area contributed by atoms with E-state index in [1.807, 2.05) is 5.38 Å². The fraction of sp³-hybridized carbons (Fsp3) is 0.368. The lowest BCUT2D eigenvalue weighted by Crippen LogP contribution is -2.37. The summed E-state index contributed by atoms with van der Waals surface area (Å²) in [5, 5.41) is 8.12. The topological polar surface area (TPSA) is 110 Å². The van der Waals surface area contributed by atoms with E-state index in [1.165, 1.54) is 25.6 Å². The number of imide groups is 1. The normalized spacial score (nSPS) is 15.9. The van der Waals surface area contributed by atoms with Gasteiger partial charge in [-0.2, -0.15) is 0 Å². The molecule has 2 N–H and O–H groups in total. The monoisotopic (exact) mass is 418 g/mol. The maximum absolute atomic E-state index is 12.6. The fourth-order valence-electron chi connectivity index (χ4n) is 2.97. The van der Waals surface area contributed by atoms with Crippen molar-refractivity contribution in [2.45, 2.75) is 25.4 Å². The first-order chi connectivity index (χ1) is 14.0. The molecule has 1 aliphatic rings. The highest BCUT2D eigenvalue weighted by Gasteiger charge is 2.39. The van der Waals surface area contributed by atoms with E-state index in [1.54, 1.807) is 24.4 Å². The second kappa shape index (κ2) is 9.37. The average molecular weight is 418 g/mol. The van der Waals surface area contributed by atoms with Gasteiger partial charge in [0.05, 0.1) is 32.2 Å². The predicted octanol–water partition coefficient (Wildman–Crippen LogP) is 1.33. The Kier molecular flexibility index (Phi) is 6.65. The van der Waals surface area contributed by atoms with Crippen molar-refractivity contribution in [3.05, 3.63) is 40.3 Å². The van der Waals surface area contributed by atoms with Crippen molar-refractivity contribution in [3.8, 4) is 11.5 Å². The molecule has 0 aliphatic carbocycles. The Bertz CT molecular complexity index is 887. The molecule has 1 aromatic heterocycles. The summed E-state index contributed by atoms with van der Waals surface area (Å²) in [5.74, 6) is 0.335. The number of hydrogen-bond donors (Lipinski definition) is 2. The van der Waals surface area contributed by atoms with Crippen LogP contribution in [0.25, 0.3) is 0 Å². The quantitative estimate of drug-likeness (QED) is 0.595. The van der Waals surface area contributed by atoms with Crippen LogP contribution in [0.2, 0.25) is 0 Å². The minimum atomic E-state index is -0.873. The maximum Gasteiger partial charge on any atom is 0.325 e. The van der Waals surface area contributed by atoms with Crippen molar-refractivity contribution in [3.63, 3.8) is 0 Å². The molecule has 0 bridgehead atoms. The van der Waals surface area contributed by atoms with Crippen molar-refractivity contribution >= 4 is 29.2 Å². The molecule has 1 saturated heterocycles. The number of carbonyl (C=O) groups excluding carboxylic acids is 3. The van der Waals surface area contributed by atoms with Gasteiger partial charge in [-0.3, -0.25) is 14.5 Å². The third-order valence-electron chi connectivity index (χ3n) is 4.43. The van der Waals surface area contributed by atoms with Crippen LogP contribution < -0.4 is 20.1 Å². The molecule has 2 aromatic rings. The van der Waals surface area contributed by atoms with Gasteiger partial charge in [0.25, 0.3) is 5.91 Å². The number of urea groups is 1. The minimum Gasteiger partial charge on any atom is -0.493 e. The van der Waals surface area contributed by atoms with Crippen LogP contribution >= 0.6 is 11.3 Å². The molecule has 1 aliphatic heterocycles. The van der Waals surface area contributed by atoms with Crippen LogP contribution in [0, 0.1) is 0 Å². The SMILES string of the molecule is COc1ccc(CN2C(=O)NC(CC(=O)NCCc3nccs3)C2=O)cc1OC. The lowest BCUT2D eigenvalue weighted by Gasteiger charge is -2.15. The number of thiazole rings is 1. The number of nitrogens with one attached hydrogen (secondary N) is 2. The van der Waals surface area contributed by atoms with Gasteiger partial charge in [0.1, 0.15) is 6.04 Å². The molecule has 0 spiro atoms. The van der Waals surface area contributed by atoms with Gasteiger partial charge in [-0.15, -0.1) is 11.3 Å². The second-order valence-electron chi connectivity index (χ2n) is 6.35. The zero-order chi connectivity index (χ0) is 20.8. The Balaban J connectivity index is 1.54. The van der Waals surface area contributed by atoms with Crippen LogP contribution in [0.15, 0.2) is 29.8 Å². The number of nitrogens with zero attached hydrogens (tertiary/aromatic N) is 2. The largest absolute Gasteiger partial charge is 0.493 e. The number of carbonyl (C=O) groups is 3. The minimum absolute atomic E-state index is 0.0766. The lowest BCUT2D eigenvalue weighted by atomic mass is 10.1. The van der Waals surface area contributed by atoms with Crippen molar-refractivity contribution in [2.75, 3.05) is 20.8 Å². The zero-order valence-electron chi connectivity index (χ0n) is 16.1. The second-order valence-corrected chi connectivity index (χ2v) is 7.32. The van der Waals surface area contributed by atoms with E-state index in [0.717, 1.165) is 9.91 Å². The summed E-state index contributed by atoms with van der Waals surface area (Å²) >= 11 is 1.52. The Morgan fingerprint density at radius 3 is 2.76 bits per heavy atom. The van der Waals surface area contributed by atoms with Gasteiger partial charge >= 0.3 is 6.03 Å². The van der Waals surface area contributed by atoms with Crippen LogP contribution in [0.1, 0.15) is 17.0 Å². The molecule has 9 nitrogen and oxygen atoms in total. The first kappa shape index (κ1) is 20.6. The third kappa shape index (κ3) is 5.02. The summed E-state index contributed by atoms with van der Waals surface area (Å²) in [6.07, 6.45) is 2.23. The van der Waals surface area contributed by atoms with Crippen LogP contribution in [-0.2, 0) is 22.6 Å². The molecule has 29 heavy (non-hydrogen) atoms. The summed E-state index contributed by atoms with van der Waals surface area (Å²) in [4.78, 5) is 42.2. The van der Waals surface area contributed by atoms with E-state index < -0.39 is 18.0 Å². The summed E-state index contributed by atoms with van der Waals surface area (Å²) in [7, 11) is 3.04. The highest BCUT2D eigenvalue weighted by atomic mass is 32.1. The molecule has 0 saturated carbocycles. The van der Waals surface area contributed by atoms with Gasteiger partial charge in [-0.1, -0.05) is 6.07 Å². The van der Waals surface area contributed by atoms with E-state index in [4.69, 9.17) is 9.47 Å². The predicted molar refractivity (Wildman–Crippen MR) is 106 cm³/mol. The van der Waals surface area contributed by atoms with E-state index >= 15 is 0 Å². The van der Waals surface area contributed by atoms with Gasteiger partial charge in [0.2, 0.25) is 5.91 Å². The van der Waals surface area contributed by atoms with Crippen LogP contribution in [-0.4, -0.2) is 54.5 Å². The number of ether oxygens (including phenoxy) is 2. The average Bonchev–Trinajstić information content (AvgIpc) is 3.32. The van der Waals surface area contributed by atoms with Crippen molar-refractivity contribution in [1.82, 2.24) is 20.5 Å². The number of benzene rings is 1. The highest BCUT2D eigenvalue weighted by molar-refractivity contribution is 7.09. The zero-order valence-corrected chi connectivity index (χ0v) is 17.0. The van der Waals surface area contributed by atoms with E-state index in [0.29, 0.717) is 30.0 Å². The number of amides is 4. The van der Waals surface area contributed by atoms with Crippen molar-refractivity contribution in [1.29, 1.82) is 0 Å². The van der Waals surface area contributed by atoms with Crippen LogP contribution in [0.5, 0.6) is 11.5 Å². The Labute approximate surface area is 172 Å².